The van der Waals surface area contributed by atoms with Crippen molar-refractivity contribution in [3.63, 3.8) is 0 Å². The van der Waals surface area contributed by atoms with Crippen LogP contribution in [-0.4, -0.2) is 29.0 Å². The predicted octanol–water partition coefficient (Wildman–Crippen LogP) is 2.79. The molecule has 1 heterocycles. The molecule has 18 heavy (non-hydrogen) atoms. The zero-order valence-electron chi connectivity index (χ0n) is 11.8. The van der Waals surface area contributed by atoms with Crippen LogP contribution in [0.15, 0.2) is 5.51 Å². The van der Waals surface area contributed by atoms with Crippen LogP contribution in [0.5, 0.6) is 0 Å². The van der Waals surface area contributed by atoms with E-state index in [-0.39, 0.29) is 5.54 Å². The van der Waals surface area contributed by atoms with E-state index in [1.165, 1.54) is 30.6 Å². The standard InChI is InChI=1S/C14H25N3S/c1-11-5-4-6-14(15,7-11)9-17(3)8-13-12(2)16-10-18-13/h10-11H,4-9,15H2,1-3H3. The van der Waals surface area contributed by atoms with Gasteiger partial charge in [-0.05, 0) is 32.7 Å². The minimum Gasteiger partial charge on any atom is -0.324 e. The number of aromatic nitrogens is 1. The van der Waals surface area contributed by atoms with Gasteiger partial charge in [-0.15, -0.1) is 11.3 Å². The van der Waals surface area contributed by atoms with E-state index in [0.717, 1.165) is 24.7 Å². The van der Waals surface area contributed by atoms with Gasteiger partial charge in [0.1, 0.15) is 0 Å². The average Bonchev–Trinajstić information content (AvgIpc) is 2.62. The summed E-state index contributed by atoms with van der Waals surface area (Å²) < 4.78 is 0. The Morgan fingerprint density at radius 3 is 3.00 bits per heavy atom. The van der Waals surface area contributed by atoms with Crippen LogP contribution in [0.1, 0.15) is 43.2 Å². The highest BCUT2D eigenvalue weighted by Gasteiger charge is 2.32. The molecule has 3 nitrogen and oxygen atoms in total. The first kappa shape index (κ1) is 14.0. The molecule has 1 fully saturated rings. The highest BCUT2D eigenvalue weighted by atomic mass is 32.1. The first-order chi connectivity index (χ1) is 8.48. The van der Waals surface area contributed by atoms with Crippen molar-refractivity contribution in [3.8, 4) is 0 Å². The topological polar surface area (TPSA) is 42.2 Å². The average molecular weight is 267 g/mol. The van der Waals surface area contributed by atoms with Gasteiger partial charge in [0.2, 0.25) is 0 Å². The second-order valence-corrected chi connectivity index (χ2v) is 7.04. The lowest BCUT2D eigenvalue weighted by molar-refractivity contribution is 0.166. The molecule has 2 atom stereocenters. The van der Waals surface area contributed by atoms with Crippen LogP contribution >= 0.6 is 11.3 Å². The molecule has 4 heteroatoms. The van der Waals surface area contributed by atoms with E-state index in [1.54, 1.807) is 11.3 Å². The van der Waals surface area contributed by atoms with E-state index in [9.17, 15) is 0 Å². The smallest absolute Gasteiger partial charge is 0.0798 e. The summed E-state index contributed by atoms with van der Waals surface area (Å²) in [5.41, 5.74) is 9.67. The summed E-state index contributed by atoms with van der Waals surface area (Å²) in [6.07, 6.45) is 4.96. The van der Waals surface area contributed by atoms with Crippen LogP contribution in [0.2, 0.25) is 0 Å². The van der Waals surface area contributed by atoms with Crippen molar-refractivity contribution in [2.24, 2.45) is 11.7 Å². The Kier molecular flexibility index (Phi) is 4.41. The Balaban J connectivity index is 1.90. The van der Waals surface area contributed by atoms with E-state index in [1.807, 2.05) is 5.51 Å². The van der Waals surface area contributed by atoms with Crippen LogP contribution in [0, 0.1) is 12.8 Å². The van der Waals surface area contributed by atoms with Crippen LogP contribution in [0.25, 0.3) is 0 Å². The summed E-state index contributed by atoms with van der Waals surface area (Å²) in [6, 6.07) is 0. The van der Waals surface area contributed by atoms with Crippen molar-refractivity contribution in [3.05, 3.63) is 16.1 Å². The Labute approximate surface area is 114 Å². The fourth-order valence-corrected chi connectivity index (χ4v) is 4.02. The van der Waals surface area contributed by atoms with Crippen LogP contribution in [0.4, 0.5) is 0 Å². The molecular formula is C14H25N3S. The Morgan fingerprint density at radius 2 is 2.39 bits per heavy atom. The van der Waals surface area contributed by atoms with E-state index >= 15 is 0 Å². The summed E-state index contributed by atoms with van der Waals surface area (Å²) in [5, 5.41) is 0. The van der Waals surface area contributed by atoms with Gasteiger partial charge in [-0.2, -0.15) is 0 Å². The maximum absolute atomic E-state index is 6.56. The van der Waals surface area contributed by atoms with E-state index in [0.29, 0.717) is 0 Å². The maximum Gasteiger partial charge on any atom is 0.0798 e. The first-order valence-electron chi connectivity index (χ1n) is 6.85. The highest BCUT2D eigenvalue weighted by Crippen LogP contribution is 2.31. The van der Waals surface area contributed by atoms with Crippen molar-refractivity contribution >= 4 is 11.3 Å². The third-order valence-corrected chi connectivity index (χ3v) is 4.89. The number of hydrogen-bond acceptors (Lipinski definition) is 4. The summed E-state index contributed by atoms with van der Waals surface area (Å²) in [4.78, 5) is 8.03. The van der Waals surface area contributed by atoms with Gasteiger partial charge >= 0.3 is 0 Å². The van der Waals surface area contributed by atoms with Crippen molar-refractivity contribution in [1.82, 2.24) is 9.88 Å². The van der Waals surface area contributed by atoms with E-state index in [2.05, 4.69) is 30.8 Å². The van der Waals surface area contributed by atoms with Crippen LogP contribution in [0.3, 0.4) is 0 Å². The zero-order valence-corrected chi connectivity index (χ0v) is 12.6. The molecule has 0 aliphatic heterocycles. The maximum atomic E-state index is 6.56. The fourth-order valence-electron chi connectivity index (χ4n) is 3.16. The number of nitrogens with zero attached hydrogens (tertiary/aromatic N) is 2. The Bertz CT molecular complexity index is 390. The number of rotatable bonds is 4. The molecule has 0 radical (unpaired) electrons. The fraction of sp³-hybridized carbons (Fsp3) is 0.786. The molecule has 1 aliphatic rings. The van der Waals surface area contributed by atoms with Gasteiger partial charge in [0.25, 0.3) is 0 Å². The number of hydrogen-bond donors (Lipinski definition) is 1. The lowest BCUT2D eigenvalue weighted by atomic mass is 9.77. The SMILES string of the molecule is Cc1ncsc1CN(C)CC1(N)CCCC(C)C1. The van der Waals surface area contributed by atoms with Crippen LogP contribution in [-0.2, 0) is 6.54 Å². The van der Waals surface area contributed by atoms with Gasteiger partial charge in [-0.3, -0.25) is 4.90 Å². The van der Waals surface area contributed by atoms with Crippen molar-refractivity contribution in [1.29, 1.82) is 0 Å². The molecular weight excluding hydrogens is 242 g/mol. The van der Waals surface area contributed by atoms with Crippen molar-refractivity contribution in [2.45, 2.75) is 51.6 Å². The molecule has 2 N–H and O–H groups in total. The highest BCUT2D eigenvalue weighted by molar-refractivity contribution is 7.09. The second kappa shape index (κ2) is 5.68. The Hall–Kier alpha value is -0.450. The van der Waals surface area contributed by atoms with E-state index in [4.69, 9.17) is 5.73 Å². The molecule has 1 aromatic heterocycles. The van der Waals surface area contributed by atoms with Gasteiger partial charge in [0, 0.05) is 23.5 Å². The number of aryl methyl sites for hydroxylation is 1. The number of nitrogens with two attached hydrogens (primary N) is 1. The molecule has 0 amide bonds. The molecule has 1 saturated carbocycles. The van der Waals surface area contributed by atoms with Crippen molar-refractivity contribution < 1.29 is 0 Å². The third kappa shape index (κ3) is 3.53. The normalized spacial score (nSPS) is 28.8. The second-order valence-electron chi connectivity index (χ2n) is 6.10. The molecule has 0 saturated heterocycles. The molecule has 2 unspecified atom stereocenters. The molecule has 0 bridgehead atoms. The Morgan fingerprint density at radius 1 is 1.61 bits per heavy atom. The minimum absolute atomic E-state index is 0.0189. The van der Waals surface area contributed by atoms with Gasteiger partial charge in [-0.25, -0.2) is 4.98 Å². The molecule has 102 valence electrons. The largest absolute Gasteiger partial charge is 0.324 e. The van der Waals surface area contributed by atoms with Gasteiger partial charge in [-0.1, -0.05) is 19.8 Å². The van der Waals surface area contributed by atoms with Crippen molar-refractivity contribution in [2.75, 3.05) is 13.6 Å². The zero-order chi connectivity index (χ0) is 13.2. The lowest BCUT2D eigenvalue weighted by Crippen LogP contribution is -2.51. The third-order valence-electron chi connectivity index (χ3n) is 3.97. The number of likely N-dealkylation sites (N-methyl/N-ethyl adjacent to an activating group) is 1. The van der Waals surface area contributed by atoms with Crippen LogP contribution < -0.4 is 5.73 Å². The molecule has 2 rings (SSSR count). The summed E-state index contributed by atoms with van der Waals surface area (Å²) in [6.45, 7) is 6.38. The lowest BCUT2D eigenvalue weighted by Gasteiger charge is -2.39. The summed E-state index contributed by atoms with van der Waals surface area (Å²) >= 11 is 1.75. The van der Waals surface area contributed by atoms with E-state index < -0.39 is 0 Å². The number of thiazole rings is 1. The van der Waals surface area contributed by atoms with Gasteiger partial charge in [0.05, 0.1) is 11.2 Å². The molecule has 1 aliphatic carbocycles. The monoisotopic (exact) mass is 267 g/mol. The molecule has 0 aromatic carbocycles. The predicted molar refractivity (Wildman–Crippen MR) is 77.7 cm³/mol. The van der Waals surface area contributed by atoms with Gasteiger partial charge < -0.3 is 5.73 Å². The van der Waals surface area contributed by atoms with Gasteiger partial charge in [0.15, 0.2) is 0 Å². The molecule has 1 aromatic rings. The molecule has 0 spiro atoms. The quantitative estimate of drug-likeness (QED) is 0.912. The minimum atomic E-state index is 0.0189. The summed E-state index contributed by atoms with van der Waals surface area (Å²) in [5.74, 6) is 0.780. The first-order valence-corrected chi connectivity index (χ1v) is 7.73. The summed E-state index contributed by atoms with van der Waals surface area (Å²) in [7, 11) is 2.17.